The summed E-state index contributed by atoms with van der Waals surface area (Å²) in [6, 6.07) is 5.14. The van der Waals surface area contributed by atoms with Gasteiger partial charge >= 0.3 is 6.36 Å². The third-order valence-electron chi connectivity index (χ3n) is 4.25. The van der Waals surface area contributed by atoms with Crippen LogP contribution in [0.3, 0.4) is 0 Å². The van der Waals surface area contributed by atoms with Gasteiger partial charge in [0, 0.05) is 5.69 Å². The molecule has 140 valence electrons. The lowest BCUT2D eigenvalue weighted by molar-refractivity contribution is -0.274. The first-order chi connectivity index (χ1) is 11.9. The number of nitrogens with zero attached hydrogens (tertiary/aromatic N) is 1. The summed E-state index contributed by atoms with van der Waals surface area (Å²) in [6.07, 6.45) is -1.40. The molecule has 1 saturated heterocycles. The van der Waals surface area contributed by atoms with Gasteiger partial charge in [0.1, 0.15) is 5.75 Å². The monoisotopic (exact) mass is 359 g/mol. The third kappa shape index (κ3) is 7.31. The number of benzene rings is 1. The molecule has 1 aromatic carbocycles. The van der Waals surface area contributed by atoms with Crippen LogP contribution in [0.2, 0.25) is 0 Å². The van der Waals surface area contributed by atoms with Gasteiger partial charge in [0.05, 0.1) is 6.54 Å². The molecular formula is C17H24F3N3O2. The molecule has 1 amide bonds. The molecule has 0 aromatic heterocycles. The van der Waals surface area contributed by atoms with E-state index in [9.17, 15) is 18.0 Å². The quantitative estimate of drug-likeness (QED) is 0.786. The van der Waals surface area contributed by atoms with Crippen LogP contribution in [0, 0.1) is 5.92 Å². The maximum absolute atomic E-state index is 12.1. The lowest BCUT2D eigenvalue weighted by atomic mass is 9.93. The summed E-state index contributed by atoms with van der Waals surface area (Å²) in [5.74, 6) is 0.222. The van der Waals surface area contributed by atoms with Gasteiger partial charge in [-0.3, -0.25) is 9.69 Å². The number of halogens is 3. The Bertz CT molecular complexity index is 541. The van der Waals surface area contributed by atoms with Gasteiger partial charge in [0.25, 0.3) is 0 Å². The summed E-state index contributed by atoms with van der Waals surface area (Å²) in [5.41, 5.74) is 0.448. The predicted molar refractivity (Wildman–Crippen MR) is 89.5 cm³/mol. The first-order valence-corrected chi connectivity index (χ1v) is 8.38. The number of anilines is 1. The van der Waals surface area contributed by atoms with Crippen LogP contribution in [0.25, 0.3) is 0 Å². The van der Waals surface area contributed by atoms with E-state index in [4.69, 9.17) is 0 Å². The van der Waals surface area contributed by atoms with Gasteiger partial charge in [-0.05, 0) is 76.1 Å². The summed E-state index contributed by atoms with van der Waals surface area (Å²) in [6.45, 7) is 3.08. The van der Waals surface area contributed by atoms with Crippen LogP contribution >= 0.6 is 0 Å². The van der Waals surface area contributed by atoms with Crippen LogP contribution in [0.15, 0.2) is 24.3 Å². The highest BCUT2D eigenvalue weighted by Crippen LogP contribution is 2.24. The summed E-state index contributed by atoms with van der Waals surface area (Å²) in [4.78, 5) is 14.2. The largest absolute Gasteiger partial charge is 0.573 e. The van der Waals surface area contributed by atoms with E-state index in [1.807, 2.05) is 7.05 Å². The molecule has 0 unspecified atom stereocenters. The molecule has 1 fully saturated rings. The molecular weight excluding hydrogens is 335 g/mol. The van der Waals surface area contributed by atoms with Crippen LogP contribution in [0.4, 0.5) is 18.9 Å². The molecule has 0 spiro atoms. The number of nitrogens with one attached hydrogen (secondary N) is 2. The van der Waals surface area contributed by atoms with Crippen molar-refractivity contribution in [2.75, 3.05) is 38.5 Å². The number of amides is 1. The second-order valence-electron chi connectivity index (χ2n) is 6.23. The zero-order valence-electron chi connectivity index (χ0n) is 14.2. The Balaban J connectivity index is 1.73. The van der Waals surface area contributed by atoms with Crippen LogP contribution in [-0.4, -0.2) is 50.4 Å². The third-order valence-corrected chi connectivity index (χ3v) is 4.25. The smallest absolute Gasteiger partial charge is 0.406 e. The highest BCUT2D eigenvalue weighted by Gasteiger charge is 2.31. The first kappa shape index (κ1) is 19.5. The van der Waals surface area contributed by atoms with Crippen molar-refractivity contribution in [1.29, 1.82) is 0 Å². The van der Waals surface area contributed by atoms with Crippen molar-refractivity contribution in [1.82, 2.24) is 10.2 Å². The molecule has 5 nitrogen and oxygen atoms in total. The maximum Gasteiger partial charge on any atom is 0.573 e. The molecule has 1 aliphatic rings. The van der Waals surface area contributed by atoms with E-state index in [1.54, 1.807) is 0 Å². The summed E-state index contributed by atoms with van der Waals surface area (Å²) < 4.78 is 40.1. The average Bonchev–Trinajstić information content (AvgIpc) is 2.55. The van der Waals surface area contributed by atoms with E-state index in [1.165, 1.54) is 24.3 Å². The molecule has 0 saturated carbocycles. The highest BCUT2D eigenvalue weighted by atomic mass is 19.4. The number of hydrogen-bond acceptors (Lipinski definition) is 4. The molecule has 1 aliphatic heterocycles. The Morgan fingerprint density at radius 2 is 1.88 bits per heavy atom. The van der Waals surface area contributed by atoms with Gasteiger partial charge in [-0.25, -0.2) is 0 Å². The number of ether oxygens (including phenoxy) is 1. The highest BCUT2D eigenvalue weighted by molar-refractivity contribution is 5.92. The minimum absolute atomic E-state index is 0.168. The molecule has 25 heavy (non-hydrogen) atoms. The van der Waals surface area contributed by atoms with Crippen molar-refractivity contribution >= 4 is 11.6 Å². The summed E-state index contributed by atoms with van der Waals surface area (Å²) >= 11 is 0. The van der Waals surface area contributed by atoms with Gasteiger partial charge in [0.15, 0.2) is 0 Å². The second kappa shape index (κ2) is 9.05. The van der Waals surface area contributed by atoms with Crippen molar-refractivity contribution in [3.05, 3.63) is 24.3 Å². The Kier molecular flexibility index (Phi) is 7.07. The van der Waals surface area contributed by atoms with E-state index >= 15 is 0 Å². The van der Waals surface area contributed by atoms with Gasteiger partial charge in [-0.2, -0.15) is 0 Å². The Morgan fingerprint density at radius 1 is 1.24 bits per heavy atom. The standard InChI is InChI=1S/C17H24F3N3O2/c1-21-9-6-13-7-10-23(11-8-13)12-16(24)22-14-2-4-15(5-3-14)25-17(18,19)20/h2-5,13,21H,6-12H2,1H3,(H,22,24). The summed E-state index contributed by atoms with van der Waals surface area (Å²) in [7, 11) is 1.95. The van der Waals surface area contributed by atoms with Crippen molar-refractivity contribution in [3.63, 3.8) is 0 Å². The topological polar surface area (TPSA) is 53.6 Å². The lowest BCUT2D eigenvalue weighted by Crippen LogP contribution is -2.39. The zero-order chi connectivity index (χ0) is 18.3. The minimum atomic E-state index is -4.72. The summed E-state index contributed by atoms with van der Waals surface area (Å²) in [5, 5.41) is 5.85. The number of hydrogen-bond donors (Lipinski definition) is 2. The van der Waals surface area contributed by atoms with E-state index in [2.05, 4.69) is 20.3 Å². The van der Waals surface area contributed by atoms with Gasteiger partial charge in [0.2, 0.25) is 5.91 Å². The van der Waals surface area contributed by atoms with Gasteiger partial charge in [-0.1, -0.05) is 0 Å². The van der Waals surface area contributed by atoms with E-state index in [0.29, 0.717) is 18.2 Å². The molecule has 0 radical (unpaired) electrons. The van der Waals surface area contributed by atoms with Gasteiger partial charge < -0.3 is 15.4 Å². The fourth-order valence-corrected chi connectivity index (χ4v) is 2.93. The SMILES string of the molecule is CNCCC1CCN(CC(=O)Nc2ccc(OC(F)(F)F)cc2)CC1. The van der Waals surface area contributed by atoms with Crippen molar-refractivity contribution in [2.45, 2.75) is 25.6 Å². The normalized spacial score (nSPS) is 16.6. The zero-order valence-corrected chi connectivity index (χ0v) is 14.2. The number of carbonyl (C=O) groups is 1. The molecule has 0 bridgehead atoms. The number of alkyl halides is 3. The number of piperidine rings is 1. The fraction of sp³-hybridized carbons (Fsp3) is 0.588. The van der Waals surface area contributed by atoms with Crippen LogP contribution in [-0.2, 0) is 4.79 Å². The van der Waals surface area contributed by atoms with Crippen LogP contribution < -0.4 is 15.4 Å². The molecule has 8 heteroatoms. The van der Waals surface area contributed by atoms with Crippen molar-refractivity contribution < 1.29 is 22.7 Å². The minimum Gasteiger partial charge on any atom is -0.406 e. The number of carbonyl (C=O) groups excluding carboxylic acids is 1. The van der Waals surface area contributed by atoms with Crippen molar-refractivity contribution in [3.8, 4) is 5.75 Å². The molecule has 2 rings (SSSR count). The fourth-order valence-electron chi connectivity index (χ4n) is 2.93. The first-order valence-electron chi connectivity index (χ1n) is 8.38. The maximum atomic E-state index is 12.1. The van der Waals surface area contributed by atoms with E-state index in [0.717, 1.165) is 38.9 Å². The number of likely N-dealkylation sites (tertiary alicyclic amines) is 1. The Morgan fingerprint density at radius 3 is 2.44 bits per heavy atom. The second-order valence-corrected chi connectivity index (χ2v) is 6.23. The van der Waals surface area contributed by atoms with E-state index < -0.39 is 6.36 Å². The average molecular weight is 359 g/mol. The Hall–Kier alpha value is -1.80. The Labute approximate surface area is 145 Å². The predicted octanol–water partition coefficient (Wildman–Crippen LogP) is 2.85. The molecule has 1 aromatic rings. The van der Waals surface area contributed by atoms with E-state index in [-0.39, 0.29) is 11.7 Å². The number of rotatable bonds is 7. The molecule has 2 N–H and O–H groups in total. The lowest BCUT2D eigenvalue weighted by Gasteiger charge is -2.31. The van der Waals surface area contributed by atoms with Crippen molar-refractivity contribution in [2.24, 2.45) is 5.92 Å². The van der Waals surface area contributed by atoms with Crippen LogP contribution in [0.5, 0.6) is 5.75 Å². The van der Waals surface area contributed by atoms with Crippen LogP contribution in [0.1, 0.15) is 19.3 Å². The molecule has 1 heterocycles. The molecule has 0 aliphatic carbocycles. The van der Waals surface area contributed by atoms with Gasteiger partial charge in [-0.15, -0.1) is 13.2 Å². The molecule has 0 atom stereocenters.